The minimum absolute atomic E-state index is 0. The zero-order valence-electron chi connectivity index (χ0n) is 20.4. The van der Waals surface area contributed by atoms with Gasteiger partial charge in [-0.1, -0.05) is 24.3 Å². The van der Waals surface area contributed by atoms with Crippen molar-refractivity contribution >= 4 is 53.4 Å². The first kappa shape index (κ1) is 29.0. The Balaban J connectivity index is 0.00000228. The molecule has 1 aliphatic rings. The number of benzene rings is 2. The molecular weight excluding hydrogens is 501 g/mol. The molecule has 1 saturated heterocycles. The number of halogens is 2. The number of nitrogen functional groups attached to an aromatic ring is 1. The van der Waals surface area contributed by atoms with E-state index in [1.54, 1.807) is 6.92 Å². The number of nitrogens with two attached hydrogens (primary N) is 1. The molecule has 0 radical (unpaired) electrons. The Morgan fingerprint density at radius 2 is 1.86 bits per heavy atom. The number of fused-ring (bicyclic) bond motifs is 1. The van der Waals surface area contributed by atoms with Crippen LogP contribution in [0.25, 0.3) is 10.9 Å². The zero-order chi connectivity index (χ0) is 24.4. The number of ether oxygens (including phenoxy) is 1. The van der Waals surface area contributed by atoms with Crippen LogP contribution in [-0.4, -0.2) is 51.4 Å². The van der Waals surface area contributed by atoms with Crippen molar-refractivity contribution in [3.8, 4) is 5.75 Å². The first-order chi connectivity index (χ1) is 16.3. The molecule has 36 heavy (non-hydrogen) atoms. The molecule has 2 aromatic carbocycles. The van der Waals surface area contributed by atoms with Gasteiger partial charge in [0.15, 0.2) is 0 Å². The summed E-state index contributed by atoms with van der Waals surface area (Å²) >= 11 is 0. The predicted octanol–water partition coefficient (Wildman–Crippen LogP) is 4.65. The molecule has 4 rings (SSSR count). The summed E-state index contributed by atoms with van der Waals surface area (Å²) in [6.45, 7) is 6.01. The lowest BCUT2D eigenvalue weighted by Crippen LogP contribution is -2.28. The predicted molar refractivity (Wildman–Crippen MR) is 148 cm³/mol. The van der Waals surface area contributed by atoms with Gasteiger partial charge in [-0.25, -0.2) is 0 Å². The molecule has 1 fully saturated rings. The molecule has 0 spiro atoms. The van der Waals surface area contributed by atoms with Gasteiger partial charge < -0.3 is 25.0 Å². The molecule has 10 heteroatoms. The lowest BCUT2D eigenvalue weighted by Gasteiger charge is -2.18. The molecule has 8 nitrogen and oxygen atoms in total. The van der Waals surface area contributed by atoms with E-state index in [4.69, 9.17) is 21.3 Å². The molecule has 0 aliphatic carbocycles. The fourth-order valence-electron chi connectivity index (χ4n) is 4.68. The summed E-state index contributed by atoms with van der Waals surface area (Å²) in [5, 5.41) is 26.5. The highest BCUT2D eigenvalue weighted by molar-refractivity contribution is 5.98. The number of hydrogen-bond acceptors (Lipinski definition) is 4. The summed E-state index contributed by atoms with van der Waals surface area (Å²) in [6.07, 6.45) is 1.24. The second-order valence-corrected chi connectivity index (χ2v) is 8.79. The molecular formula is C26H33Cl2N5O3. The van der Waals surface area contributed by atoms with Gasteiger partial charge in [-0.2, -0.15) is 0 Å². The van der Waals surface area contributed by atoms with E-state index in [1.807, 2.05) is 60.4 Å². The van der Waals surface area contributed by atoms with E-state index < -0.39 is 11.9 Å². The highest BCUT2D eigenvalue weighted by Gasteiger charge is 2.25. The van der Waals surface area contributed by atoms with Crippen LogP contribution in [0.4, 0.5) is 0 Å². The van der Waals surface area contributed by atoms with Crippen LogP contribution in [0, 0.1) is 10.8 Å². The molecule has 1 unspecified atom stereocenters. The summed E-state index contributed by atoms with van der Waals surface area (Å²) in [6, 6.07) is 15.0. The Kier molecular flexibility index (Phi) is 9.78. The van der Waals surface area contributed by atoms with Crippen molar-refractivity contribution in [2.75, 3.05) is 13.1 Å². The summed E-state index contributed by atoms with van der Waals surface area (Å²) in [5.41, 5.74) is 8.91. The number of likely N-dealkylation sites (tertiary alicyclic amines) is 1. The Morgan fingerprint density at radius 3 is 2.42 bits per heavy atom. The fourth-order valence-corrected chi connectivity index (χ4v) is 4.68. The van der Waals surface area contributed by atoms with Crippen LogP contribution in [0.15, 0.2) is 48.5 Å². The van der Waals surface area contributed by atoms with Crippen molar-refractivity contribution < 1.29 is 14.6 Å². The number of aromatic nitrogens is 1. The maximum Gasteiger partial charge on any atom is 0.311 e. The highest BCUT2D eigenvalue weighted by atomic mass is 35.5. The van der Waals surface area contributed by atoms with Gasteiger partial charge in [-0.15, -0.1) is 24.8 Å². The number of nitrogens with one attached hydrogen (secondary N) is 2. The average Bonchev–Trinajstić information content (AvgIpc) is 3.41. The van der Waals surface area contributed by atoms with E-state index in [2.05, 4.69) is 4.57 Å². The van der Waals surface area contributed by atoms with Crippen LogP contribution < -0.4 is 10.5 Å². The zero-order valence-corrected chi connectivity index (χ0v) is 22.0. The van der Waals surface area contributed by atoms with E-state index in [1.165, 1.54) is 0 Å². The second kappa shape index (κ2) is 12.1. The summed E-state index contributed by atoms with van der Waals surface area (Å²) in [5.74, 6) is -0.303. The molecule has 1 aliphatic heterocycles. The molecule has 2 heterocycles. The van der Waals surface area contributed by atoms with Crippen LogP contribution >= 0.6 is 24.8 Å². The second-order valence-electron chi connectivity index (χ2n) is 8.79. The van der Waals surface area contributed by atoms with Gasteiger partial charge >= 0.3 is 5.97 Å². The van der Waals surface area contributed by atoms with Crippen molar-refractivity contribution in [1.29, 1.82) is 10.8 Å². The third kappa shape index (κ3) is 6.12. The summed E-state index contributed by atoms with van der Waals surface area (Å²) in [7, 11) is 0. The Hall–Kier alpha value is -3.23. The molecule has 0 saturated carbocycles. The average molecular weight is 534 g/mol. The van der Waals surface area contributed by atoms with Gasteiger partial charge in [0.25, 0.3) is 0 Å². The molecule has 5 N–H and O–H groups in total. The standard InChI is InChI=1S/C26H31N5O3.2ClH/c1-3-31-20(12-18-4-5-19(25(28)29)13-24(18)31)14-23(26(32)33)17-6-8-21(9-7-17)34-22-10-11-30(15-22)16(2)27;;/h4-9,12-13,22-23,27H,3,10-11,14-15H2,1-2H3,(H3,28,29)(H,32,33);2*1H/t22-,23?;;/m1../s1. The van der Waals surface area contributed by atoms with Gasteiger partial charge in [-0.05, 0) is 49.1 Å². The van der Waals surface area contributed by atoms with Gasteiger partial charge in [0.2, 0.25) is 0 Å². The number of nitrogens with zero attached hydrogens (tertiary/aromatic N) is 2. The first-order valence-corrected chi connectivity index (χ1v) is 11.5. The SMILES string of the molecule is CCn1c(CC(C(=O)O)c2ccc(O[C@@H]3CCN(C(C)=N)C3)cc2)cc2ccc(C(=N)N)cc21.Cl.Cl. The number of aryl methyl sites for hydroxylation is 1. The Labute approximate surface area is 223 Å². The monoisotopic (exact) mass is 533 g/mol. The highest BCUT2D eigenvalue weighted by Crippen LogP contribution is 2.29. The number of carbonyl (C=O) groups is 1. The van der Waals surface area contributed by atoms with E-state index in [0.29, 0.717) is 36.7 Å². The fraction of sp³-hybridized carbons (Fsp3) is 0.346. The third-order valence-corrected chi connectivity index (χ3v) is 6.53. The van der Waals surface area contributed by atoms with Crippen LogP contribution in [0.2, 0.25) is 0 Å². The number of carboxylic acids is 1. The van der Waals surface area contributed by atoms with Crippen molar-refractivity contribution in [3.05, 3.63) is 65.4 Å². The Morgan fingerprint density at radius 1 is 1.17 bits per heavy atom. The number of carboxylic acid groups (broad SMARTS) is 1. The smallest absolute Gasteiger partial charge is 0.311 e. The van der Waals surface area contributed by atoms with Gasteiger partial charge in [0.05, 0.1) is 18.3 Å². The molecule has 194 valence electrons. The van der Waals surface area contributed by atoms with E-state index >= 15 is 0 Å². The lowest BCUT2D eigenvalue weighted by atomic mass is 9.94. The van der Waals surface area contributed by atoms with E-state index in [-0.39, 0.29) is 36.8 Å². The molecule has 2 atom stereocenters. The van der Waals surface area contributed by atoms with Crippen molar-refractivity contribution in [3.63, 3.8) is 0 Å². The van der Waals surface area contributed by atoms with Crippen molar-refractivity contribution in [2.24, 2.45) is 5.73 Å². The molecule has 0 amide bonds. The normalized spacial score (nSPS) is 15.6. The van der Waals surface area contributed by atoms with Crippen LogP contribution in [0.5, 0.6) is 5.75 Å². The minimum Gasteiger partial charge on any atom is -0.489 e. The van der Waals surface area contributed by atoms with Crippen molar-refractivity contribution in [1.82, 2.24) is 9.47 Å². The Bertz CT molecular complexity index is 1240. The molecule has 1 aromatic heterocycles. The van der Waals surface area contributed by atoms with Crippen LogP contribution in [-0.2, 0) is 17.8 Å². The lowest BCUT2D eigenvalue weighted by molar-refractivity contribution is -0.138. The maximum atomic E-state index is 12.2. The number of aliphatic carboxylic acids is 1. The van der Waals surface area contributed by atoms with Crippen LogP contribution in [0.1, 0.15) is 43.0 Å². The van der Waals surface area contributed by atoms with E-state index in [0.717, 1.165) is 35.1 Å². The summed E-state index contributed by atoms with van der Waals surface area (Å²) in [4.78, 5) is 14.2. The van der Waals surface area contributed by atoms with Crippen molar-refractivity contribution in [2.45, 2.75) is 45.3 Å². The largest absolute Gasteiger partial charge is 0.489 e. The minimum atomic E-state index is -0.876. The van der Waals surface area contributed by atoms with Gasteiger partial charge in [0, 0.05) is 42.7 Å². The third-order valence-electron chi connectivity index (χ3n) is 6.53. The molecule has 0 bridgehead atoms. The maximum absolute atomic E-state index is 12.2. The summed E-state index contributed by atoms with van der Waals surface area (Å²) < 4.78 is 8.15. The van der Waals surface area contributed by atoms with E-state index in [9.17, 15) is 9.90 Å². The van der Waals surface area contributed by atoms with Crippen LogP contribution in [0.3, 0.4) is 0 Å². The number of amidine groups is 2. The van der Waals surface area contributed by atoms with Gasteiger partial charge in [0.1, 0.15) is 17.7 Å². The number of rotatable bonds is 8. The first-order valence-electron chi connectivity index (χ1n) is 11.5. The number of hydrogen-bond donors (Lipinski definition) is 4. The quantitative estimate of drug-likeness (QED) is 0.247. The topological polar surface area (TPSA) is 128 Å². The van der Waals surface area contributed by atoms with Gasteiger partial charge in [-0.3, -0.25) is 15.6 Å². The molecule has 3 aromatic rings.